The lowest BCUT2D eigenvalue weighted by Crippen LogP contribution is -2.02. The van der Waals surface area contributed by atoms with Crippen molar-refractivity contribution in [2.45, 2.75) is 13.8 Å². The van der Waals surface area contributed by atoms with Crippen molar-refractivity contribution in [1.82, 2.24) is 19.2 Å². The van der Waals surface area contributed by atoms with E-state index in [4.69, 9.17) is 21.7 Å². The maximum absolute atomic E-state index is 6.11. The molecule has 5 rings (SSSR count). The number of rotatable bonds is 3. The highest BCUT2D eigenvalue weighted by Gasteiger charge is 2.18. The predicted octanol–water partition coefficient (Wildman–Crippen LogP) is 6.12. The number of aromatic nitrogens is 4. The van der Waals surface area contributed by atoms with Crippen LogP contribution in [0.5, 0.6) is 0 Å². The first kappa shape index (κ1) is 17.7. The Hall–Kier alpha value is -3.37. The van der Waals surface area contributed by atoms with Crippen LogP contribution in [0.25, 0.3) is 33.8 Å². The molecule has 0 bridgehead atoms. The standard InChI is InChI=1S/C24H19ClN4/c1-16-5-7-19(8-6-16)23-17(2)27-29-21(18-9-11-20(25)12-10-18)15-22(26-24(23)29)28-13-3-4-14-28/h3-15H,1-2H3. The third kappa shape index (κ3) is 3.12. The van der Waals surface area contributed by atoms with Crippen molar-refractivity contribution in [3.8, 4) is 28.2 Å². The molecule has 5 aromatic rings. The molecule has 0 saturated heterocycles. The zero-order chi connectivity index (χ0) is 20.0. The lowest BCUT2D eigenvalue weighted by atomic mass is 10.0. The fraction of sp³-hybridized carbons (Fsp3) is 0.0833. The molecule has 3 heterocycles. The lowest BCUT2D eigenvalue weighted by Gasteiger charge is -2.10. The first-order chi connectivity index (χ1) is 14.1. The van der Waals surface area contributed by atoms with Crippen LogP contribution >= 0.6 is 11.6 Å². The van der Waals surface area contributed by atoms with Gasteiger partial charge in [0.1, 0.15) is 5.82 Å². The van der Waals surface area contributed by atoms with Gasteiger partial charge in [-0.25, -0.2) is 9.50 Å². The summed E-state index contributed by atoms with van der Waals surface area (Å²) in [6.45, 7) is 4.12. The third-order valence-corrected chi connectivity index (χ3v) is 5.35. The molecule has 0 unspecified atom stereocenters. The van der Waals surface area contributed by atoms with Crippen molar-refractivity contribution in [1.29, 1.82) is 0 Å². The van der Waals surface area contributed by atoms with Gasteiger partial charge in [-0.15, -0.1) is 0 Å². The minimum Gasteiger partial charge on any atom is -0.309 e. The second-order valence-corrected chi connectivity index (χ2v) is 7.60. The molecule has 0 N–H and O–H groups in total. The van der Waals surface area contributed by atoms with Gasteiger partial charge in [0.15, 0.2) is 5.65 Å². The molecule has 29 heavy (non-hydrogen) atoms. The number of halogens is 1. The highest BCUT2D eigenvalue weighted by Crippen LogP contribution is 2.32. The summed E-state index contributed by atoms with van der Waals surface area (Å²) < 4.78 is 3.95. The summed E-state index contributed by atoms with van der Waals surface area (Å²) in [7, 11) is 0. The maximum Gasteiger partial charge on any atom is 0.166 e. The SMILES string of the molecule is Cc1ccc(-c2c(C)nn3c(-c4ccc(Cl)cc4)cc(-n4cccc4)nc23)cc1. The van der Waals surface area contributed by atoms with Gasteiger partial charge < -0.3 is 4.57 Å². The van der Waals surface area contributed by atoms with Gasteiger partial charge in [0.2, 0.25) is 0 Å². The number of hydrogen-bond donors (Lipinski definition) is 0. The first-order valence-electron chi connectivity index (χ1n) is 9.47. The van der Waals surface area contributed by atoms with Crippen LogP contribution in [-0.2, 0) is 0 Å². The summed E-state index contributed by atoms with van der Waals surface area (Å²) >= 11 is 6.11. The normalized spacial score (nSPS) is 11.3. The smallest absolute Gasteiger partial charge is 0.166 e. The summed E-state index contributed by atoms with van der Waals surface area (Å²) in [5.74, 6) is 0.848. The Kier molecular flexibility index (Phi) is 4.22. The van der Waals surface area contributed by atoms with Crippen LogP contribution in [0.3, 0.4) is 0 Å². The Morgan fingerprint density at radius 3 is 2.17 bits per heavy atom. The number of hydrogen-bond acceptors (Lipinski definition) is 2. The minimum absolute atomic E-state index is 0.710. The zero-order valence-corrected chi connectivity index (χ0v) is 16.9. The molecule has 0 saturated carbocycles. The summed E-state index contributed by atoms with van der Waals surface area (Å²) in [5, 5.41) is 5.55. The Balaban J connectivity index is 1.83. The topological polar surface area (TPSA) is 35.1 Å². The fourth-order valence-corrected chi connectivity index (χ4v) is 3.74. The van der Waals surface area contributed by atoms with Gasteiger partial charge in [0.25, 0.3) is 0 Å². The van der Waals surface area contributed by atoms with Crippen LogP contribution in [0.15, 0.2) is 79.1 Å². The van der Waals surface area contributed by atoms with Gasteiger partial charge in [0, 0.05) is 34.6 Å². The highest BCUT2D eigenvalue weighted by atomic mass is 35.5. The monoisotopic (exact) mass is 398 g/mol. The van der Waals surface area contributed by atoms with E-state index in [1.54, 1.807) is 0 Å². The number of benzene rings is 2. The second-order valence-electron chi connectivity index (χ2n) is 7.16. The van der Waals surface area contributed by atoms with Crippen LogP contribution in [-0.4, -0.2) is 19.2 Å². The summed E-state index contributed by atoms with van der Waals surface area (Å²) in [5.41, 5.74) is 7.18. The molecule has 5 heteroatoms. The molecule has 0 atom stereocenters. The molecule has 0 spiro atoms. The molecular formula is C24H19ClN4. The van der Waals surface area contributed by atoms with E-state index in [1.807, 2.05) is 64.8 Å². The van der Waals surface area contributed by atoms with Gasteiger partial charge in [-0.3, -0.25) is 0 Å². The van der Waals surface area contributed by atoms with Gasteiger partial charge in [-0.05, 0) is 43.7 Å². The predicted molar refractivity (Wildman–Crippen MR) is 118 cm³/mol. The van der Waals surface area contributed by atoms with Crippen LogP contribution in [0, 0.1) is 13.8 Å². The molecule has 142 valence electrons. The molecule has 0 radical (unpaired) electrons. The van der Waals surface area contributed by atoms with Crippen molar-refractivity contribution in [3.63, 3.8) is 0 Å². The van der Waals surface area contributed by atoms with E-state index in [0.717, 1.165) is 39.5 Å². The van der Waals surface area contributed by atoms with Gasteiger partial charge in [-0.2, -0.15) is 5.10 Å². The minimum atomic E-state index is 0.710. The molecule has 4 nitrogen and oxygen atoms in total. The van der Waals surface area contributed by atoms with Crippen molar-refractivity contribution in [3.05, 3.63) is 95.4 Å². The summed E-state index contributed by atoms with van der Waals surface area (Å²) in [6, 6.07) is 22.4. The Morgan fingerprint density at radius 1 is 0.828 bits per heavy atom. The summed E-state index contributed by atoms with van der Waals surface area (Å²) in [6.07, 6.45) is 4.00. The van der Waals surface area contributed by atoms with E-state index in [1.165, 1.54) is 5.56 Å². The van der Waals surface area contributed by atoms with Crippen molar-refractivity contribution in [2.75, 3.05) is 0 Å². The molecule has 0 aliphatic carbocycles. The number of fused-ring (bicyclic) bond motifs is 1. The molecule has 3 aromatic heterocycles. The lowest BCUT2D eigenvalue weighted by molar-refractivity contribution is 0.905. The summed E-state index contributed by atoms with van der Waals surface area (Å²) in [4.78, 5) is 4.98. The number of aryl methyl sites for hydroxylation is 2. The highest BCUT2D eigenvalue weighted by molar-refractivity contribution is 6.30. The molecular weight excluding hydrogens is 380 g/mol. The zero-order valence-electron chi connectivity index (χ0n) is 16.2. The van der Waals surface area contributed by atoms with E-state index < -0.39 is 0 Å². The fourth-order valence-electron chi connectivity index (χ4n) is 3.61. The average molecular weight is 399 g/mol. The van der Waals surface area contributed by atoms with Gasteiger partial charge >= 0.3 is 0 Å². The molecule has 0 aliphatic rings. The largest absolute Gasteiger partial charge is 0.309 e. The van der Waals surface area contributed by atoms with E-state index in [9.17, 15) is 0 Å². The maximum atomic E-state index is 6.11. The van der Waals surface area contributed by atoms with Crippen LogP contribution in [0.4, 0.5) is 0 Å². The van der Waals surface area contributed by atoms with Gasteiger partial charge in [-0.1, -0.05) is 53.6 Å². The van der Waals surface area contributed by atoms with E-state index in [0.29, 0.717) is 5.02 Å². The molecule has 2 aromatic carbocycles. The van der Waals surface area contributed by atoms with Crippen molar-refractivity contribution >= 4 is 17.2 Å². The van der Waals surface area contributed by atoms with E-state index >= 15 is 0 Å². The van der Waals surface area contributed by atoms with E-state index in [2.05, 4.69) is 37.3 Å². The quantitative estimate of drug-likeness (QED) is 0.366. The Bertz CT molecular complexity index is 1300. The van der Waals surface area contributed by atoms with Gasteiger partial charge in [0.05, 0.1) is 11.4 Å². The van der Waals surface area contributed by atoms with Crippen LogP contribution in [0.1, 0.15) is 11.3 Å². The second kappa shape index (κ2) is 6.90. The molecule has 0 fully saturated rings. The van der Waals surface area contributed by atoms with Crippen molar-refractivity contribution in [2.24, 2.45) is 0 Å². The Morgan fingerprint density at radius 2 is 1.48 bits per heavy atom. The third-order valence-electron chi connectivity index (χ3n) is 5.10. The average Bonchev–Trinajstić information content (AvgIpc) is 3.36. The van der Waals surface area contributed by atoms with Crippen LogP contribution in [0.2, 0.25) is 5.02 Å². The van der Waals surface area contributed by atoms with Crippen LogP contribution < -0.4 is 0 Å². The van der Waals surface area contributed by atoms with Crippen molar-refractivity contribution < 1.29 is 0 Å². The molecule has 0 aliphatic heterocycles. The first-order valence-corrected chi connectivity index (χ1v) is 9.85. The van der Waals surface area contributed by atoms with E-state index in [-0.39, 0.29) is 0 Å². The number of nitrogens with zero attached hydrogens (tertiary/aromatic N) is 4. The Labute approximate surface area is 174 Å². The molecule has 0 amide bonds.